The lowest BCUT2D eigenvalue weighted by atomic mass is 9.78. The van der Waals surface area contributed by atoms with E-state index in [4.69, 9.17) is 16.1 Å². The third-order valence-corrected chi connectivity index (χ3v) is 3.80. The van der Waals surface area contributed by atoms with Gasteiger partial charge in [-0.05, 0) is 23.0 Å². The SMILES string of the molecule is CC(C)(C)c1cc(-c2noc(CCl)n2)cc(C(C)(C)C)c1O. The first-order chi connectivity index (χ1) is 10.0. The lowest BCUT2D eigenvalue weighted by molar-refractivity contribution is 0.391. The van der Waals surface area contributed by atoms with Crippen LogP contribution >= 0.6 is 11.6 Å². The van der Waals surface area contributed by atoms with E-state index in [1.165, 1.54) is 0 Å². The van der Waals surface area contributed by atoms with E-state index >= 15 is 0 Å². The Morgan fingerprint density at radius 3 is 1.91 bits per heavy atom. The van der Waals surface area contributed by atoms with Crippen molar-refractivity contribution in [3.05, 3.63) is 29.2 Å². The molecule has 0 amide bonds. The van der Waals surface area contributed by atoms with Crippen molar-refractivity contribution in [2.45, 2.75) is 58.3 Å². The van der Waals surface area contributed by atoms with Crippen LogP contribution in [0.25, 0.3) is 11.4 Å². The zero-order chi connectivity index (χ0) is 16.7. The van der Waals surface area contributed by atoms with Crippen LogP contribution < -0.4 is 0 Å². The minimum atomic E-state index is -0.195. The fourth-order valence-corrected chi connectivity index (χ4v) is 2.44. The Morgan fingerprint density at radius 2 is 1.55 bits per heavy atom. The summed E-state index contributed by atoms with van der Waals surface area (Å²) in [6.45, 7) is 12.4. The van der Waals surface area contributed by atoms with Crippen LogP contribution in [0, 0.1) is 0 Å². The van der Waals surface area contributed by atoms with Gasteiger partial charge in [-0.3, -0.25) is 0 Å². The van der Waals surface area contributed by atoms with Crippen LogP contribution in [0.15, 0.2) is 16.7 Å². The molecule has 120 valence electrons. The van der Waals surface area contributed by atoms with Crippen LogP contribution in [-0.4, -0.2) is 15.2 Å². The lowest BCUT2D eigenvalue weighted by Gasteiger charge is -2.27. The molecular weight excluding hydrogens is 300 g/mol. The molecule has 0 radical (unpaired) electrons. The fraction of sp³-hybridized carbons (Fsp3) is 0.529. The number of benzene rings is 1. The highest BCUT2D eigenvalue weighted by atomic mass is 35.5. The quantitative estimate of drug-likeness (QED) is 0.809. The van der Waals surface area contributed by atoms with Gasteiger partial charge in [-0.1, -0.05) is 46.7 Å². The molecule has 4 nitrogen and oxygen atoms in total. The predicted molar refractivity (Wildman–Crippen MR) is 88.4 cm³/mol. The highest BCUT2D eigenvalue weighted by molar-refractivity contribution is 6.16. The van der Waals surface area contributed by atoms with Gasteiger partial charge in [-0.15, -0.1) is 11.6 Å². The van der Waals surface area contributed by atoms with Gasteiger partial charge in [0.05, 0.1) is 0 Å². The van der Waals surface area contributed by atoms with Gasteiger partial charge in [-0.25, -0.2) is 0 Å². The molecule has 1 N–H and O–H groups in total. The van der Waals surface area contributed by atoms with Crippen LogP contribution in [0.5, 0.6) is 5.75 Å². The first-order valence-corrected chi connectivity index (χ1v) is 7.84. The number of hydrogen-bond donors (Lipinski definition) is 1. The molecule has 5 heteroatoms. The summed E-state index contributed by atoms with van der Waals surface area (Å²) in [5, 5.41) is 14.7. The predicted octanol–water partition coefficient (Wildman–Crippen LogP) is 4.78. The zero-order valence-corrected chi connectivity index (χ0v) is 14.7. The molecule has 0 aliphatic heterocycles. The van der Waals surface area contributed by atoms with Gasteiger partial charge >= 0.3 is 0 Å². The first-order valence-electron chi connectivity index (χ1n) is 7.31. The summed E-state index contributed by atoms with van der Waals surface area (Å²) in [6, 6.07) is 3.85. The van der Waals surface area contributed by atoms with Crippen LogP contribution in [0.4, 0.5) is 0 Å². The van der Waals surface area contributed by atoms with Crippen molar-refractivity contribution in [2.24, 2.45) is 0 Å². The van der Waals surface area contributed by atoms with Gasteiger partial charge in [0.25, 0.3) is 0 Å². The standard InChI is InChI=1S/C17H23ClN2O2/c1-16(2,3)11-7-10(15-19-13(9-18)22-20-15)8-12(14(11)21)17(4,5)6/h7-8,21H,9H2,1-6H3. The van der Waals surface area contributed by atoms with Gasteiger partial charge in [-0.2, -0.15) is 4.98 Å². The smallest absolute Gasteiger partial charge is 0.241 e. The van der Waals surface area contributed by atoms with Crippen molar-refractivity contribution >= 4 is 11.6 Å². The molecule has 1 aromatic heterocycles. The number of aromatic nitrogens is 2. The van der Waals surface area contributed by atoms with Gasteiger partial charge < -0.3 is 9.63 Å². The van der Waals surface area contributed by atoms with E-state index < -0.39 is 0 Å². The number of phenolic OH excluding ortho intramolecular Hbond substituents is 1. The molecule has 2 rings (SSSR count). The summed E-state index contributed by atoms with van der Waals surface area (Å²) >= 11 is 5.72. The monoisotopic (exact) mass is 322 g/mol. The Kier molecular flexibility index (Phi) is 4.26. The average molecular weight is 323 g/mol. The van der Waals surface area contributed by atoms with Crippen molar-refractivity contribution in [3.8, 4) is 17.1 Å². The largest absolute Gasteiger partial charge is 0.507 e. The number of phenols is 1. The van der Waals surface area contributed by atoms with Crippen molar-refractivity contribution in [3.63, 3.8) is 0 Å². The minimum absolute atomic E-state index is 0.184. The Bertz CT molecular complexity index is 644. The zero-order valence-electron chi connectivity index (χ0n) is 14.0. The van der Waals surface area contributed by atoms with E-state index in [-0.39, 0.29) is 16.7 Å². The summed E-state index contributed by atoms with van der Waals surface area (Å²) in [6.07, 6.45) is 0. The van der Waals surface area contributed by atoms with Gasteiger partial charge in [0, 0.05) is 16.7 Å². The summed E-state index contributed by atoms with van der Waals surface area (Å²) in [5.74, 6) is 1.40. The summed E-state index contributed by atoms with van der Waals surface area (Å²) in [7, 11) is 0. The second-order valence-electron chi connectivity index (χ2n) is 7.57. The van der Waals surface area contributed by atoms with E-state index in [1.807, 2.05) is 12.1 Å². The third-order valence-electron chi connectivity index (χ3n) is 3.57. The van der Waals surface area contributed by atoms with E-state index in [0.29, 0.717) is 17.5 Å². The van der Waals surface area contributed by atoms with E-state index in [1.54, 1.807) is 0 Å². The molecule has 2 aromatic rings. The topological polar surface area (TPSA) is 59.2 Å². The molecule has 1 aromatic carbocycles. The van der Waals surface area contributed by atoms with Crippen molar-refractivity contribution in [2.75, 3.05) is 0 Å². The number of aromatic hydroxyl groups is 1. The number of nitrogens with zero attached hydrogens (tertiary/aromatic N) is 2. The lowest BCUT2D eigenvalue weighted by Crippen LogP contribution is -2.17. The summed E-state index contributed by atoms with van der Waals surface area (Å²) in [4.78, 5) is 4.28. The van der Waals surface area contributed by atoms with Gasteiger partial charge in [0.2, 0.25) is 11.7 Å². The Morgan fingerprint density at radius 1 is 1.05 bits per heavy atom. The van der Waals surface area contributed by atoms with Crippen molar-refractivity contribution < 1.29 is 9.63 Å². The third kappa shape index (κ3) is 3.27. The molecule has 0 bridgehead atoms. The molecule has 0 saturated carbocycles. The van der Waals surface area contributed by atoms with Crippen LogP contribution in [0.3, 0.4) is 0 Å². The molecule has 0 aliphatic carbocycles. The summed E-state index contributed by atoms with van der Waals surface area (Å²) in [5.41, 5.74) is 2.17. The Balaban J connectivity index is 2.70. The fourth-order valence-electron chi connectivity index (χ4n) is 2.33. The van der Waals surface area contributed by atoms with E-state index in [2.05, 4.69) is 51.7 Å². The number of alkyl halides is 1. The first kappa shape index (κ1) is 16.8. The Hall–Kier alpha value is -1.55. The molecule has 0 atom stereocenters. The van der Waals surface area contributed by atoms with Gasteiger partial charge in [0.1, 0.15) is 11.6 Å². The highest BCUT2D eigenvalue weighted by Gasteiger charge is 2.27. The molecule has 1 heterocycles. The molecule has 0 aliphatic rings. The maximum absolute atomic E-state index is 10.7. The molecule has 0 saturated heterocycles. The summed E-state index contributed by atoms with van der Waals surface area (Å²) < 4.78 is 5.09. The van der Waals surface area contributed by atoms with Crippen LogP contribution in [0.1, 0.15) is 58.6 Å². The van der Waals surface area contributed by atoms with Crippen molar-refractivity contribution in [1.82, 2.24) is 10.1 Å². The van der Waals surface area contributed by atoms with Crippen LogP contribution in [0.2, 0.25) is 0 Å². The molecule has 0 unspecified atom stereocenters. The second-order valence-corrected chi connectivity index (χ2v) is 7.83. The highest BCUT2D eigenvalue weighted by Crippen LogP contribution is 2.41. The van der Waals surface area contributed by atoms with Gasteiger partial charge in [0.15, 0.2) is 0 Å². The van der Waals surface area contributed by atoms with Crippen molar-refractivity contribution in [1.29, 1.82) is 0 Å². The molecule has 0 spiro atoms. The maximum Gasteiger partial charge on any atom is 0.241 e. The molecule has 0 fully saturated rings. The average Bonchev–Trinajstić information content (AvgIpc) is 2.85. The molecule has 22 heavy (non-hydrogen) atoms. The maximum atomic E-state index is 10.7. The number of rotatable bonds is 2. The van der Waals surface area contributed by atoms with Crippen LogP contribution in [-0.2, 0) is 16.7 Å². The molecular formula is C17H23ClN2O2. The normalized spacial score (nSPS) is 12.7. The van der Waals surface area contributed by atoms with E-state index in [9.17, 15) is 5.11 Å². The number of halogens is 1. The number of hydrogen-bond acceptors (Lipinski definition) is 4. The Labute approximate surface area is 136 Å². The van der Waals surface area contributed by atoms with E-state index in [0.717, 1.165) is 16.7 Å². The second kappa shape index (κ2) is 5.58. The minimum Gasteiger partial charge on any atom is -0.507 e.